The number of ether oxygens (including phenoxy) is 1. The Morgan fingerprint density at radius 3 is 2.33 bits per heavy atom. The first-order chi connectivity index (χ1) is 15.3. The molecule has 0 spiro atoms. The van der Waals surface area contributed by atoms with Gasteiger partial charge in [0.2, 0.25) is 5.91 Å². The number of hydrogen-bond acceptors (Lipinski definition) is 8. The van der Waals surface area contributed by atoms with Crippen molar-refractivity contribution < 1.29 is 34.1 Å². The van der Waals surface area contributed by atoms with E-state index in [0.717, 1.165) is 6.08 Å². The number of nitrogens with one attached hydrogen (secondary N) is 2. The lowest BCUT2D eigenvalue weighted by Crippen LogP contribution is -2.42. The Morgan fingerprint density at radius 2 is 1.76 bits per heavy atom. The molecule has 1 aliphatic heterocycles. The van der Waals surface area contributed by atoms with Gasteiger partial charge in [0, 0.05) is 23.9 Å². The average Bonchev–Trinajstić information content (AvgIpc) is 3.02. The number of phenols is 2. The molecule has 1 amide bonds. The van der Waals surface area contributed by atoms with Gasteiger partial charge in [0.05, 0.1) is 17.7 Å². The first kappa shape index (κ1) is 24.0. The van der Waals surface area contributed by atoms with Gasteiger partial charge in [0.25, 0.3) is 0 Å². The van der Waals surface area contributed by atoms with Crippen LogP contribution in [0.5, 0.6) is 17.2 Å². The third-order valence-electron chi connectivity index (χ3n) is 5.98. The van der Waals surface area contributed by atoms with Gasteiger partial charge in [0.15, 0.2) is 17.3 Å². The Labute approximate surface area is 191 Å². The normalized spacial score (nSPS) is 20.6. The molecule has 1 aliphatic carbocycles. The van der Waals surface area contributed by atoms with Crippen LogP contribution >= 0.6 is 0 Å². The summed E-state index contributed by atoms with van der Waals surface area (Å²) in [5.74, 6) is -2.82. The monoisotopic (exact) mass is 456 g/mol. The smallest absolute Gasteiger partial charge is 0.239 e. The predicted octanol–water partition coefficient (Wildman–Crippen LogP) is 1.93. The summed E-state index contributed by atoms with van der Waals surface area (Å²) in [5.41, 5.74) is -1.68. The maximum Gasteiger partial charge on any atom is 0.239 e. The maximum atomic E-state index is 13.6. The Hall–Kier alpha value is -3.62. The van der Waals surface area contributed by atoms with Gasteiger partial charge < -0.3 is 25.6 Å². The SMILES string of the molecule is CC(=O)c1c(O)c(C)c(O)c2c1OC1=CC(=O)/C(=C(/C)NCC(=O)NCC(C)C)C(=O)[C@]12C. The van der Waals surface area contributed by atoms with E-state index < -0.39 is 28.5 Å². The van der Waals surface area contributed by atoms with Crippen molar-refractivity contribution in [2.45, 2.75) is 47.0 Å². The van der Waals surface area contributed by atoms with Gasteiger partial charge in [-0.15, -0.1) is 0 Å². The van der Waals surface area contributed by atoms with Crippen molar-refractivity contribution in [3.8, 4) is 17.2 Å². The molecule has 1 aromatic carbocycles. The third-order valence-corrected chi connectivity index (χ3v) is 5.98. The van der Waals surface area contributed by atoms with E-state index in [1.165, 1.54) is 27.7 Å². The van der Waals surface area contributed by atoms with E-state index in [2.05, 4.69) is 10.6 Å². The van der Waals surface area contributed by atoms with Crippen LogP contribution in [0.25, 0.3) is 0 Å². The van der Waals surface area contributed by atoms with Gasteiger partial charge in [-0.05, 0) is 33.6 Å². The van der Waals surface area contributed by atoms with Crippen LogP contribution in [0.1, 0.15) is 56.1 Å². The highest BCUT2D eigenvalue weighted by Crippen LogP contribution is 2.57. The van der Waals surface area contributed by atoms with Crippen LogP contribution in [0, 0.1) is 12.8 Å². The summed E-state index contributed by atoms with van der Waals surface area (Å²) in [6.07, 6.45) is 1.14. The number of rotatable bonds is 6. The molecule has 0 bridgehead atoms. The Balaban J connectivity index is 2.06. The van der Waals surface area contributed by atoms with Crippen molar-refractivity contribution in [3.63, 3.8) is 0 Å². The molecule has 3 rings (SSSR count). The number of ketones is 3. The van der Waals surface area contributed by atoms with Gasteiger partial charge in [-0.25, -0.2) is 0 Å². The van der Waals surface area contributed by atoms with E-state index in [-0.39, 0.29) is 63.6 Å². The molecule has 9 nitrogen and oxygen atoms in total. The molecule has 0 fully saturated rings. The number of aromatic hydroxyl groups is 2. The second kappa shape index (κ2) is 8.38. The fourth-order valence-corrected chi connectivity index (χ4v) is 4.04. The molecule has 0 aromatic heterocycles. The van der Waals surface area contributed by atoms with Gasteiger partial charge in [-0.3, -0.25) is 19.2 Å². The Bertz CT molecular complexity index is 1160. The number of amides is 1. The van der Waals surface area contributed by atoms with Gasteiger partial charge >= 0.3 is 0 Å². The molecular formula is C24H28N2O7. The Kier molecular flexibility index (Phi) is 6.10. The van der Waals surface area contributed by atoms with Crippen LogP contribution in [0.3, 0.4) is 0 Å². The molecule has 4 N–H and O–H groups in total. The fraction of sp³-hybridized carbons (Fsp3) is 0.417. The molecule has 9 heteroatoms. The second-order valence-electron chi connectivity index (χ2n) is 8.94. The first-order valence-electron chi connectivity index (χ1n) is 10.6. The van der Waals surface area contributed by atoms with Crippen LogP contribution in [0.15, 0.2) is 23.1 Å². The summed E-state index contributed by atoms with van der Waals surface area (Å²) in [5, 5.41) is 26.8. The van der Waals surface area contributed by atoms with Crippen LogP contribution < -0.4 is 15.4 Å². The topological polar surface area (TPSA) is 142 Å². The van der Waals surface area contributed by atoms with Crippen LogP contribution in [0.4, 0.5) is 0 Å². The summed E-state index contributed by atoms with van der Waals surface area (Å²) < 4.78 is 5.72. The van der Waals surface area contributed by atoms with E-state index in [9.17, 15) is 29.4 Å². The van der Waals surface area contributed by atoms with E-state index in [4.69, 9.17) is 4.74 Å². The lowest BCUT2D eigenvalue weighted by atomic mass is 9.70. The van der Waals surface area contributed by atoms with E-state index >= 15 is 0 Å². The number of benzene rings is 1. The van der Waals surface area contributed by atoms with Crippen molar-refractivity contribution in [2.75, 3.05) is 13.1 Å². The first-order valence-corrected chi connectivity index (χ1v) is 10.6. The molecule has 176 valence electrons. The standard InChI is InChI=1S/C24H28N2O7/c1-10(2)8-26-16(29)9-25-12(4)17-14(28)7-15-24(6,23(17)32)19-21(31)11(3)20(30)18(13(5)27)22(19)33-15/h7,10,25,30-31H,8-9H2,1-6H3,(H,26,29)/b17-12+/t24-/m1/s1. The van der Waals surface area contributed by atoms with Gasteiger partial charge in [0.1, 0.15) is 34.0 Å². The highest BCUT2D eigenvalue weighted by Gasteiger charge is 2.56. The average molecular weight is 456 g/mol. The van der Waals surface area contributed by atoms with Crippen molar-refractivity contribution in [1.29, 1.82) is 0 Å². The zero-order valence-corrected chi connectivity index (χ0v) is 19.5. The molecule has 2 aliphatic rings. The second-order valence-corrected chi connectivity index (χ2v) is 8.94. The summed E-state index contributed by atoms with van der Waals surface area (Å²) in [6, 6.07) is 0. The van der Waals surface area contributed by atoms with E-state index in [0.29, 0.717) is 6.54 Å². The van der Waals surface area contributed by atoms with Crippen LogP contribution in [0.2, 0.25) is 0 Å². The number of allylic oxidation sites excluding steroid dienone is 4. The van der Waals surface area contributed by atoms with Crippen LogP contribution in [-0.2, 0) is 19.8 Å². The third kappa shape index (κ3) is 3.77. The molecule has 0 radical (unpaired) electrons. The van der Waals surface area contributed by atoms with Crippen LogP contribution in [-0.4, -0.2) is 46.6 Å². The summed E-state index contributed by atoms with van der Waals surface area (Å²) in [6.45, 7) is 9.93. The van der Waals surface area contributed by atoms with E-state index in [1.54, 1.807) is 0 Å². The Morgan fingerprint density at radius 1 is 1.12 bits per heavy atom. The highest BCUT2D eigenvalue weighted by molar-refractivity contribution is 6.31. The van der Waals surface area contributed by atoms with Crippen molar-refractivity contribution in [3.05, 3.63) is 39.8 Å². The molecule has 0 saturated carbocycles. The summed E-state index contributed by atoms with van der Waals surface area (Å²) in [7, 11) is 0. The van der Waals surface area contributed by atoms with Gasteiger partial charge in [-0.1, -0.05) is 13.8 Å². The zero-order chi connectivity index (χ0) is 24.8. The number of Topliss-reactive ketones (excluding diaryl/α,β-unsaturated/α-hetero) is 2. The minimum Gasteiger partial charge on any atom is -0.507 e. The van der Waals surface area contributed by atoms with Gasteiger partial charge in [-0.2, -0.15) is 0 Å². The molecule has 1 aromatic rings. The number of phenolic OH excluding ortho intramolecular Hbond substituents is 2. The summed E-state index contributed by atoms with van der Waals surface area (Å²) in [4.78, 5) is 50.7. The van der Waals surface area contributed by atoms with Crippen molar-refractivity contribution >= 4 is 23.3 Å². The minimum absolute atomic E-state index is 0.0201. The quantitative estimate of drug-likeness (QED) is 0.289. The van der Waals surface area contributed by atoms with Crippen molar-refractivity contribution in [2.24, 2.45) is 5.92 Å². The minimum atomic E-state index is -1.59. The summed E-state index contributed by atoms with van der Waals surface area (Å²) >= 11 is 0. The maximum absolute atomic E-state index is 13.6. The zero-order valence-electron chi connectivity index (χ0n) is 19.5. The molecular weight excluding hydrogens is 428 g/mol. The predicted molar refractivity (Wildman–Crippen MR) is 119 cm³/mol. The molecule has 1 heterocycles. The highest BCUT2D eigenvalue weighted by atomic mass is 16.5. The number of carbonyl (C=O) groups is 4. The molecule has 33 heavy (non-hydrogen) atoms. The fourth-order valence-electron chi connectivity index (χ4n) is 4.04. The molecule has 1 atom stereocenters. The number of carbonyl (C=O) groups excluding carboxylic acids is 4. The number of fused-ring (bicyclic) bond motifs is 3. The lowest BCUT2D eigenvalue weighted by molar-refractivity contribution is -0.124. The van der Waals surface area contributed by atoms with E-state index in [1.807, 2.05) is 13.8 Å². The number of hydrogen-bond donors (Lipinski definition) is 4. The lowest BCUT2D eigenvalue weighted by Gasteiger charge is -2.29. The van der Waals surface area contributed by atoms with Crippen molar-refractivity contribution in [1.82, 2.24) is 10.6 Å². The largest absolute Gasteiger partial charge is 0.507 e. The molecule has 0 unspecified atom stereocenters. The molecule has 0 saturated heterocycles.